The van der Waals surface area contributed by atoms with E-state index in [0.29, 0.717) is 24.4 Å². The number of nitrogens with one attached hydrogen (secondary N) is 2. The molecule has 0 unspecified atom stereocenters. The van der Waals surface area contributed by atoms with Gasteiger partial charge in [0, 0.05) is 30.0 Å². The molecular weight excluding hydrogens is 655 g/mol. The molecule has 0 saturated carbocycles. The van der Waals surface area contributed by atoms with E-state index in [0.717, 1.165) is 43.6 Å². The highest BCUT2D eigenvalue weighted by Crippen LogP contribution is 2.40. The Labute approximate surface area is 293 Å². The standard InChI is InChI=1S/C39H35N3O5S2/c43-24-27-12-14-28(15-13-27)35-22-33(25-48-39-42-34-8-4-5-9-36(34)49-39)46-37(47-35)29-16-10-26(11-17-29)23-40-38(44)41-30-18-20-32(21-19-30)45-31-6-2-1-3-7-31/h1-21,33,35,37,43H,22-25H2,(H2,40,41,44)/t33-,35+,37+/m0/s1. The van der Waals surface area contributed by atoms with Crippen molar-refractivity contribution in [2.45, 2.75) is 42.4 Å². The number of thioether (sulfide) groups is 1. The third-order valence-electron chi connectivity index (χ3n) is 8.08. The third-order valence-corrected chi connectivity index (χ3v) is 10.4. The summed E-state index contributed by atoms with van der Waals surface area (Å²) in [4.78, 5) is 17.4. The van der Waals surface area contributed by atoms with Crippen molar-refractivity contribution in [2.75, 3.05) is 11.1 Å². The first kappa shape index (κ1) is 32.8. The van der Waals surface area contributed by atoms with Gasteiger partial charge in [0.2, 0.25) is 0 Å². The Morgan fingerprint density at radius 1 is 0.816 bits per heavy atom. The van der Waals surface area contributed by atoms with Gasteiger partial charge in [0.05, 0.1) is 29.0 Å². The van der Waals surface area contributed by atoms with E-state index in [1.165, 1.54) is 4.70 Å². The van der Waals surface area contributed by atoms with Crippen molar-refractivity contribution in [3.63, 3.8) is 0 Å². The van der Waals surface area contributed by atoms with E-state index in [-0.39, 0.29) is 24.8 Å². The lowest BCUT2D eigenvalue weighted by Crippen LogP contribution is -2.31. The van der Waals surface area contributed by atoms with Gasteiger partial charge in [0.25, 0.3) is 0 Å². The van der Waals surface area contributed by atoms with Crippen molar-refractivity contribution in [2.24, 2.45) is 0 Å². The predicted octanol–water partition coefficient (Wildman–Crippen LogP) is 9.24. The van der Waals surface area contributed by atoms with Gasteiger partial charge in [-0.15, -0.1) is 11.3 Å². The second-order valence-corrected chi connectivity index (χ2v) is 13.9. The van der Waals surface area contributed by atoms with Crippen LogP contribution in [0.2, 0.25) is 0 Å². The minimum absolute atomic E-state index is 0.000444. The highest BCUT2D eigenvalue weighted by Gasteiger charge is 2.32. The average molecular weight is 690 g/mol. The Morgan fingerprint density at radius 3 is 2.27 bits per heavy atom. The molecule has 3 N–H and O–H groups in total. The number of aliphatic hydroxyl groups is 1. The maximum Gasteiger partial charge on any atom is 0.319 e. The average Bonchev–Trinajstić information content (AvgIpc) is 3.58. The number of carbonyl (C=O) groups is 1. The van der Waals surface area contributed by atoms with E-state index < -0.39 is 6.29 Å². The van der Waals surface area contributed by atoms with Gasteiger partial charge in [-0.1, -0.05) is 90.6 Å². The molecule has 49 heavy (non-hydrogen) atoms. The van der Waals surface area contributed by atoms with E-state index in [2.05, 4.69) is 16.7 Å². The maximum absolute atomic E-state index is 12.6. The molecule has 8 nitrogen and oxygen atoms in total. The number of fused-ring (bicyclic) bond motifs is 1. The molecule has 1 fully saturated rings. The molecule has 1 aromatic heterocycles. The van der Waals surface area contributed by atoms with Crippen molar-refractivity contribution in [3.8, 4) is 11.5 Å². The number of aliphatic hydroxyl groups excluding tert-OH is 1. The fraction of sp³-hybridized carbons (Fsp3) is 0.179. The van der Waals surface area contributed by atoms with Crippen LogP contribution in [-0.4, -0.2) is 28.0 Å². The zero-order valence-electron chi connectivity index (χ0n) is 26.5. The summed E-state index contributed by atoms with van der Waals surface area (Å²) in [5, 5.41) is 15.3. The molecule has 3 atom stereocenters. The zero-order valence-corrected chi connectivity index (χ0v) is 28.2. The number of aromatic nitrogens is 1. The van der Waals surface area contributed by atoms with E-state index in [4.69, 9.17) is 19.2 Å². The van der Waals surface area contributed by atoms with Crippen LogP contribution in [-0.2, 0) is 22.6 Å². The first-order valence-electron chi connectivity index (χ1n) is 16.0. The minimum Gasteiger partial charge on any atom is -0.457 e. The number of nitrogens with zero attached hydrogens (tertiary/aromatic N) is 1. The van der Waals surface area contributed by atoms with Gasteiger partial charge >= 0.3 is 6.03 Å². The van der Waals surface area contributed by atoms with Gasteiger partial charge in [-0.3, -0.25) is 0 Å². The smallest absolute Gasteiger partial charge is 0.319 e. The fourth-order valence-electron chi connectivity index (χ4n) is 5.48. The van der Waals surface area contributed by atoms with Crippen molar-refractivity contribution >= 4 is 45.0 Å². The summed E-state index contributed by atoms with van der Waals surface area (Å²) in [7, 11) is 0. The van der Waals surface area contributed by atoms with Crippen LogP contribution in [0.15, 0.2) is 132 Å². The molecule has 1 aliphatic rings. The topological polar surface area (TPSA) is 102 Å². The molecule has 7 rings (SSSR count). The molecule has 0 bridgehead atoms. The van der Waals surface area contributed by atoms with Gasteiger partial charge in [-0.25, -0.2) is 9.78 Å². The van der Waals surface area contributed by atoms with Crippen LogP contribution in [0.3, 0.4) is 0 Å². The summed E-state index contributed by atoms with van der Waals surface area (Å²) >= 11 is 3.40. The number of carbonyl (C=O) groups excluding carboxylic acids is 1. The molecule has 2 heterocycles. The number of amides is 2. The zero-order chi connectivity index (χ0) is 33.4. The summed E-state index contributed by atoms with van der Waals surface area (Å²) in [5.41, 5.74) is 5.43. The summed E-state index contributed by atoms with van der Waals surface area (Å²) in [6.07, 6.45) is -0.0950. The molecular formula is C39H35N3O5S2. The second kappa shape index (κ2) is 15.7. The Hall–Kier alpha value is -4.71. The first-order chi connectivity index (χ1) is 24.1. The van der Waals surface area contributed by atoms with Gasteiger partial charge in [0.15, 0.2) is 10.6 Å². The van der Waals surface area contributed by atoms with Crippen LogP contribution < -0.4 is 15.4 Å². The molecule has 1 aliphatic heterocycles. The summed E-state index contributed by atoms with van der Waals surface area (Å²) in [5.74, 6) is 2.18. The molecule has 0 radical (unpaired) electrons. The SMILES string of the molecule is O=C(NCc1ccc([C@@H]2O[C@H](CSc3nc4ccccc4s3)C[C@H](c3ccc(CO)cc3)O2)cc1)Nc1ccc(Oc2ccccc2)cc1. The van der Waals surface area contributed by atoms with Crippen molar-refractivity contribution in [1.82, 2.24) is 10.3 Å². The number of urea groups is 1. The number of benzene rings is 5. The molecule has 2 amide bonds. The minimum atomic E-state index is -0.559. The van der Waals surface area contributed by atoms with E-state index in [1.807, 2.05) is 109 Å². The summed E-state index contributed by atoms with van der Waals surface area (Å²) < 4.78 is 21.0. The van der Waals surface area contributed by atoms with Gasteiger partial charge < -0.3 is 30.0 Å². The molecule has 0 aliphatic carbocycles. The van der Waals surface area contributed by atoms with Gasteiger partial charge in [0.1, 0.15) is 11.5 Å². The van der Waals surface area contributed by atoms with Gasteiger partial charge in [-0.2, -0.15) is 0 Å². The highest BCUT2D eigenvalue weighted by molar-refractivity contribution is 8.01. The highest BCUT2D eigenvalue weighted by atomic mass is 32.2. The Morgan fingerprint density at radius 2 is 1.51 bits per heavy atom. The number of anilines is 1. The van der Waals surface area contributed by atoms with Crippen molar-refractivity contribution in [1.29, 1.82) is 0 Å². The molecule has 6 aromatic rings. The first-order valence-corrected chi connectivity index (χ1v) is 17.8. The van der Waals surface area contributed by atoms with Gasteiger partial charge in [-0.05, 0) is 65.2 Å². The lowest BCUT2D eigenvalue weighted by molar-refractivity contribution is -0.245. The number of thiazole rings is 1. The summed E-state index contributed by atoms with van der Waals surface area (Å²) in [6.45, 7) is 0.356. The van der Waals surface area contributed by atoms with Crippen LogP contribution in [0.5, 0.6) is 11.5 Å². The van der Waals surface area contributed by atoms with Crippen LogP contribution >= 0.6 is 23.1 Å². The van der Waals surface area contributed by atoms with Crippen LogP contribution in [0, 0.1) is 0 Å². The monoisotopic (exact) mass is 689 g/mol. The quantitative estimate of drug-likeness (QED) is 0.117. The Kier molecular flexibility index (Phi) is 10.5. The van der Waals surface area contributed by atoms with Crippen LogP contribution in [0.1, 0.15) is 41.1 Å². The van der Waals surface area contributed by atoms with E-state index in [9.17, 15) is 9.90 Å². The molecule has 5 aromatic carbocycles. The second-order valence-electron chi connectivity index (χ2n) is 11.6. The number of ether oxygens (including phenoxy) is 3. The number of hydrogen-bond acceptors (Lipinski definition) is 8. The predicted molar refractivity (Wildman–Crippen MR) is 194 cm³/mol. The lowest BCUT2D eigenvalue weighted by Gasteiger charge is -2.36. The number of rotatable bonds is 11. The van der Waals surface area contributed by atoms with E-state index in [1.54, 1.807) is 35.2 Å². The Bertz CT molecular complexity index is 1940. The number of para-hydroxylation sites is 2. The molecule has 10 heteroatoms. The summed E-state index contributed by atoms with van der Waals surface area (Å²) in [6, 6.07) is 40.5. The molecule has 0 spiro atoms. The maximum atomic E-state index is 12.6. The van der Waals surface area contributed by atoms with Crippen LogP contribution in [0.4, 0.5) is 10.5 Å². The molecule has 248 valence electrons. The lowest BCUT2D eigenvalue weighted by atomic mass is 10.0. The van der Waals surface area contributed by atoms with Crippen molar-refractivity contribution in [3.05, 3.63) is 150 Å². The van der Waals surface area contributed by atoms with E-state index >= 15 is 0 Å². The normalized spacial score (nSPS) is 17.4. The fourth-order valence-corrected chi connectivity index (χ4v) is 7.59. The molecule has 1 saturated heterocycles. The van der Waals surface area contributed by atoms with Crippen LogP contribution in [0.25, 0.3) is 10.2 Å². The largest absolute Gasteiger partial charge is 0.457 e. The Balaban J connectivity index is 0.961. The third kappa shape index (κ3) is 8.66. The van der Waals surface area contributed by atoms with Crippen molar-refractivity contribution < 1.29 is 24.1 Å². The number of hydrogen-bond donors (Lipinski definition) is 3.